The highest BCUT2D eigenvalue weighted by Gasteiger charge is 2.23. The SMILES string of the molecule is COc1cccc2[nH]c(C3CCC3)nc12. The van der Waals surface area contributed by atoms with Gasteiger partial charge in [-0.25, -0.2) is 4.98 Å². The predicted molar refractivity (Wildman–Crippen MR) is 59.2 cm³/mol. The maximum absolute atomic E-state index is 5.29. The topological polar surface area (TPSA) is 37.9 Å². The molecule has 0 unspecified atom stereocenters. The second-order valence-electron chi connectivity index (χ2n) is 4.11. The monoisotopic (exact) mass is 202 g/mol. The van der Waals surface area contributed by atoms with Crippen molar-refractivity contribution in [3.8, 4) is 5.75 Å². The van der Waals surface area contributed by atoms with Crippen LogP contribution in [0.3, 0.4) is 0 Å². The lowest BCUT2D eigenvalue weighted by Gasteiger charge is -2.22. The van der Waals surface area contributed by atoms with Crippen LogP contribution in [0.15, 0.2) is 18.2 Å². The third kappa shape index (κ3) is 1.30. The number of imidazole rings is 1. The number of nitrogens with one attached hydrogen (secondary N) is 1. The first-order chi connectivity index (χ1) is 7.38. The highest BCUT2D eigenvalue weighted by molar-refractivity contribution is 5.81. The summed E-state index contributed by atoms with van der Waals surface area (Å²) >= 11 is 0. The Bertz CT molecular complexity index is 485. The van der Waals surface area contributed by atoms with E-state index < -0.39 is 0 Å². The molecule has 1 heterocycles. The molecule has 1 fully saturated rings. The van der Waals surface area contributed by atoms with Crippen molar-refractivity contribution < 1.29 is 4.74 Å². The second kappa shape index (κ2) is 3.26. The van der Waals surface area contributed by atoms with Crippen LogP contribution >= 0.6 is 0 Å². The second-order valence-corrected chi connectivity index (χ2v) is 4.11. The fourth-order valence-electron chi connectivity index (χ4n) is 2.06. The van der Waals surface area contributed by atoms with E-state index in [-0.39, 0.29) is 0 Å². The smallest absolute Gasteiger partial charge is 0.146 e. The van der Waals surface area contributed by atoms with Crippen LogP contribution in [0, 0.1) is 0 Å². The number of ether oxygens (including phenoxy) is 1. The first-order valence-corrected chi connectivity index (χ1v) is 5.41. The van der Waals surface area contributed by atoms with Gasteiger partial charge in [-0.3, -0.25) is 0 Å². The summed E-state index contributed by atoms with van der Waals surface area (Å²) in [6, 6.07) is 5.99. The Hall–Kier alpha value is -1.51. The lowest BCUT2D eigenvalue weighted by atomic mass is 9.85. The molecule has 1 aliphatic rings. The molecule has 1 N–H and O–H groups in total. The largest absolute Gasteiger partial charge is 0.494 e. The van der Waals surface area contributed by atoms with Crippen LogP contribution in [0.25, 0.3) is 11.0 Å². The van der Waals surface area contributed by atoms with Crippen molar-refractivity contribution in [2.75, 3.05) is 7.11 Å². The van der Waals surface area contributed by atoms with Gasteiger partial charge in [0.25, 0.3) is 0 Å². The van der Waals surface area contributed by atoms with Crippen molar-refractivity contribution in [3.63, 3.8) is 0 Å². The summed E-state index contributed by atoms with van der Waals surface area (Å²) in [5, 5.41) is 0. The molecule has 15 heavy (non-hydrogen) atoms. The molecule has 0 bridgehead atoms. The Morgan fingerprint density at radius 3 is 2.93 bits per heavy atom. The number of rotatable bonds is 2. The number of benzene rings is 1. The molecule has 0 aliphatic heterocycles. The zero-order chi connectivity index (χ0) is 10.3. The molecular formula is C12H14N2O. The Morgan fingerprint density at radius 2 is 2.27 bits per heavy atom. The zero-order valence-electron chi connectivity index (χ0n) is 8.79. The lowest BCUT2D eigenvalue weighted by molar-refractivity contribution is 0.403. The number of fused-ring (bicyclic) bond motifs is 1. The number of H-pyrrole nitrogens is 1. The predicted octanol–water partition coefficient (Wildman–Crippen LogP) is 2.84. The van der Waals surface area contributed by atoms with E-state index in [0.29, 0.717) is 5.92 Å². The Labute approximate surface area is 88.5 Å². The molecule has 78 valence electrons. The maximum Gasteiger partial charge on any atom is 0.146 e. The molecule has 0 spiro atoms. The number of aromatic nitrogens is 2. The van der Waals surface area contributed by atoms with Crippen LogP contribution in [0.4, 0.5) is 0 Å². The molecule has 1 aliphatic carbocycles. The normalized spacial score (nSPS) is 16.6. The van der Waals surface area contributed by atoms with Crippen molar-refractivity contribution in [1.82, 2.24) is 9.97 Å². The minimum absolute atomic E-state index is 0.641. The number of nitrogens with zero attached hydrogens (tertiary/aromatic N) is 1. The van der Waals surface area contributed by atoms with Gasteiger partial charge in [0.05, 0.1) is 12.6 Å². The molecule has 2 aromatic rings. The van der Waals surface area contributed by atoms with Crippen molar-refractivity contribution in [2.45, 2.75) is 25.2 Å². The maximum atomic E-state index is 5.29. The van der Waals surface area contributed by atoms with Crippen molar-refractivity contribution in [2.24, 2.45) is 0 Å². The van der Waals surface area contributed by atoms with Crippen LogP contribution in [0.2, 0.25) is 0 Å². The lowest BCUT2D eigenvalue weighted by Crippen LogP contribution is -2.10. The molecule has 0 saturated heterocycles. The third-order valence-electron chi connectivity index (χ3n) is 3.21. The van der Waals surface area contributed by atoms with E-state index in [1.54, 1.807) is 7.11 Å². The molecular weight excluding hydrogens is 188 g/mol. The van der Waals surface area contributed by atoms with E-state index in [0.717, 1.165) is 22.6 Å². The van der Waals surface area contributed by atoms with Crippen LogP contribution in [0.1, 0.15) is 31.0 Å². The fraction of sp³-hybridized carbons (Fsp3) is 0.417. The van der Waals surface area contributed by atoms with Gasteiger partial charge in [0, 0.05) is 5.92 Å². The number of hydrogen-bond donors (Lipinski definition) is 1. The van der Waals surface area contributed by atoms with Crippen LogP contribution < -0.4 is 4.74 Å². The Morgan fingerprint density at radius 1 is 1.40 bits per heavy atom. The molecule has 0 amide bonds. The van der Waals surface area contributed by atoms with E-state index in [1.165, 1.54) is 19.3 Å². The van der Waals surface area contributed by atoms with Crippen LogP contribution in [0.5, 0.6) is 5.75 Å². The molecule has 1 saturated carbocycles. The molecule has 1 aromatic heterocycles. The molecule has 3 nitrogen and oxygen atoms in total. The quantitative estimate of drug-likeness (QED) is 0.813. The molecule has 1 aromatic carbocycles. The van der Waals surface area contributed by atoms with E-state index in [2.05, 4.69) is 9.97 Å². The van der Waals surface area contributed by atoms with Crippen molar-refractivity contribution in [3.05, 3.63) is 24.0 Å². The third-order valence-corrected chi connectivity index (χ3v) is 3.21. The minimum atomic E-state index is 0.641. The summed E-state index contributed by atoms with van der Waals surface area (Å²) in [4.78, 5) is 8.01. The number of hydrogen-bond acceptors (Lipinski definition) is 2. The minimum Gasteiger partial charge on any atom is -0.494 e. The molecule has 0 atom stereocenters. The Kier molecular flexibility index (Phi) is 1.91. The average Bonchev–Trinajstić information content (AvgIpc) is 2.57. The van der Waals surface area contributed by atoms with E-state index in [4.69, 9.17) is 4.74 Å². The highest BCUT2D eigenvalue weighted by Crippen LogP contribution is 2.36. The van der Waals surface area contributed by atoms with Crippen molar-refractivity contribution in [1.29, 1.82) is 0 Å². The van der Waals surface area contributed by atoms with E-state index in [1.807, 2.05) is 18.2 Å². The molecule has 3 rings (SSSR count). The fourth-order valence-corrected chi connectivity index (χ4v) is 2.06. The molecule has 0 radical (unpaired) electrons. The summed E-state index contributed by atoms with van der Waals surface area (Å²) in [5.41, 5.74) is 2.04. The van der Waals surface area contributed by atoms with Gasteiger partial charge in [-0.2, -0.15) is 0 Å². The number of para-hydroxylation sites is 1. The van der Waals surface area contributed by atoms with Gasteiger partial charge < -0.3 is 9.72 Å². The van der Waals surface area contributed by atoms with Crippen LogP contribution in [-0.2, 0) is 0 Å². The first kappa shape index (κ1) is 8.77. The van der Waals surface area contributed by atoms with Gasteiger partial charge in [-0.15, -0.1) is 0 Å². The number of methoxy groups -OCH3 is 1. The summed E-state index contributed by atoms with van der Waals surface area (Å²) < 4.78 is 5.29. The van der Waals surface area contributed by atoms with E-state index in [9.17, 15) is 0 Å². The first-order valence-electron chi connectivity index (χ1n) is 5.41. The number of aromatic amines is 1. The van der Waals surface area contributed by atoms with Gasteiger partial charge in [0.1, 0.15) is 17.1 Å². The highest BCUT2D eigenvalue weighted by atomic mass is 16.5. The van der Waals surface area contributed by atoms with Gasteiger partial charge >= 0.3 is 0 Å². The average molecular weight is 202 g/mol. The summed E-state index contributed by atoms with van der Waals surface area (Å²) in [5.74, 6) is 2.62. The summed E-state index contributed by atoms with van der Waals surface area (Å²) in [6.45, 7) is 0. The summed E-state index contributed by atoms with van der Waals surface area (Å²) in [6.07, 6.45) is 3.86. The molecule has 3 heteroatoms. The van der Waals surface area contributed by atoms with Crippen molar-refractivity contribution >= 4 is 11.0 Å². The Balaban J connectivity index is 2.12. The van der Waals surface area contributed by atoms with Gasteiger partial charge in [0.15, 0.2) is 0 Å². The van der Waals surface area contributed by atoms with Gasteiger partial charge in [0.2, 0.25) is 0 Å². The van der Waals surface area contributed by atoms with Gasteiger partial charge in [-0.05, 0) is 25.0 Å². The van der Waals surface area contributed by atoms with Gasteiger partial charge in [-0.1, -0.05) is 12.5 Å². The zero-order valence-corrected chi connectivity index (χ0v) is 8.79. The summed E-state index contributed by atoms with van der Waals surface area (Å²) in [7, 11) is 1.69. The van der Waals surface area contributed by atoms with Crippen LogP contribution in [-0.4, -0.2) is 17.1 Å². The van der Waals surface area contributed by atoms with E-state index >= 15 is 0 Å². The standard InChI is InChI=1S/C12H14N2O/c1-15-10-7-3-6-9-11(10)14-12(13-9)8-4-2-5-8/h3,6-8H,2,4-5H2,1H3,(H,13,14).